The summed E-state index contributed by atoms with van der Waals surface area (Å²) >= 11 is 0. The Balaban J connectivity index is 3.56. The van der Waals surface area contributed by atoms with Crippen molar-refractivity contribution in [2.75, 3.05) is 18.5 Å². The average Bonchev–Trinajstić information content (AvgIpc) is 2.80. The number of hydrogen-bond acceptors (Lipinski definition) is 3. The van der Waals surface area contributed by atoms with Crippen molar-refractivity contribution >= 4 is 17.8 Å². The molecule has 3 unspecified atom stereocenters. The molecule has 8 heteroatoms. The maximum absolute atomic E-state index is 14.4. The molecule has 0 saturated heterocycles. The molecule has 1 rings (SSSR count). The molecule has 0 bridgehead atoms. The molecule has 0 N–H and O–H groups in total. The largest absolute Gasteiger partial charge is 0.362 e. The molecule has 0 aliphatic heterocycles. The van der Waals surface area contributed by atoms with E-state index >= 15 is 0 Å². The second-order valence-electron chi connectivity index (χ2n) is 11.1. The van der Waals surface area contributed by atoms with E-state index in [-0.39, 0.29) is 11.8 Å². The summed E-state index contributed by atoms with van der Waals surface area (Å²) in [4.78, 5) is 26.8. The van der Waals surface area contributed by atoms with Gasteiger partial charge < -0.3 is 9.69 Å². The number of likely N-dealkylation sites (N-methyl/N-ethyl adjacent to an activating group) is 1. The molecular formula is C27H38F5NO2. The van der Waals surface area contributed by atoms with Gasteiger partial charge in [-0.3, -0.25) is 4.79 Å². The number of benzene rings is 1. The molecule has 0 heterocycles. The van der Waals surface area contributed by atoms with Gasteiger partial charge in [0.05, 0.1) is 6.54 Å². The van der Waals surface area contributed by atoms with Crippen LogP contribution < -0.4 is 4.90 Å². The SMILES string of the molecule is C=CC(C)(CC)C(C)(C=O)CC(C)(CC(C)(C)CC)C(=O)CN(C)c1c(F)c(F)c(F)c(F)c1F. The number of allylic oxidation sites excluding steroid dienone is 1. The van der Waals surface area contributed by atoms with Crippen LogP contribution in [0.3, 0.4) is 0 Å². The first-order valence-corrected chi connectivity index (χ1v) is 11.7. The second kappa shape index (κ2) is 10.8. The van der Waals surface area contributed by atoms with Gasteiger partial charge in [0.15, 0.2) is 29.1 Å². The molecule has 0 aromatic heterocycles. The summed E-state index contributed by atoms with van der Waals surface area (Å²) in [6, 6.07) is 0. The quantitative estimate of drug-likeness (QED) is 0.0924. The van der Waals surface area contributed by atoms with E-state index in [1.54, 1.807) is 19.9 Å². The lowest BCUT2D eigenvalue weighted by Gasteiger charge is -2.47. The maximum Gasteiger partial charge on any atom is 0.200 e. The number of Topliss-reactive ketones (excluding diaryl/α,β-unsaturated/α-hetero) is 1. The second-order valence-corrected chi connectivity index (χ2v) is 11.1. The smallest absolute Gasteiger partial charge is 0.200 e. The first-order chi connectivity index (χ1) is 15.9. The fourth-order valence-electron chi connectivity index (χ4n) is 4.82. The molecule has 1 aromatic carbocycles. The molecule has 0 aliphatic carbocycles. The van der Waals surface area contributed by atoms with Gasteiger partial charge in [-0.05, 0) is 30.1 Å². The summed E-state index contributed by atoms with van der Waals surface area (Å²) in [5, 5.41) is 0. The van der Waals surface area contributed by atoms with Gasteiger partial charge in [-0.1, -0.05) is 61.0 Å². The third-order valence-corrected chi connectivity index (χ3v) is 7.96. The van der Waals surface area contributed by atoms with E-state index in [1.165, 1.54) is 0 Å². The Kier molecular flexibility index (Phi) is 9.49. The molecule has 0 spiro atoms. The molecular weight excluding hydrogens is 465 g/mol. The zero-order valence-electron chi connectivity index (χ0n) is 22.1. The third kappa shape index (κ3) is 5.95. The molecule has 0 aliphatic rings. The van der Waals surface area contributed by atoms with E-state index in [1.807, 2.05) is 34.6 Å². The Morgan fingerprint density at radius 3 is 1.66 bits per heavy atom. The van der Waals surface area contributed by atoms with Crippen molar-refractivity contribution in [3.63, 3.8) is 0 Å². The molecule has 3 nitrogen and oxygen atoms in total. The number of nitrogens with zero attached hydrogens (tertiary/aromatic N) is 1. The highest BCUT2D eigenvalue weighted by Crippen LogP contribution is 2.52. The van der Waals surface area contributed by atoms with Gasteiger partial charge in [-0.25, -0.2) is 22.0 Å². The number of ketones is 1. The van der Waals surface area contributed by atoms with Crippen LogP contribution in [0.15, 0.2) is 12.7 Å². The van der Waals surface area contributed by atoms with Gasteiger partial charge in [-0.2, -0.15) is 0 Å². The van der Waals surface area contributed by atoms with Crippen LogP contribution in [0.5, 0.6) is 0 Å². The number of carbonyl (C=O) groups is 2. The Labute approximate surface area is 205 Å². The molecule has 0 fully saturated rings. The summed E-state index contributed by atoms with van der Waals surface area (Å²) in [6.45, 7) is 16.4. The van der Waals surface area contributed by atoms with Crippen molar-refractivity contribution in [1.82, 2.24) is 0 Å². The van der Waals surface area contributed by atoms with Crippen LogP contribution in [-0.2, 0) is 9.59 Å². The summed E-state index contributed by atoms with van der Waals surface area (Å²) in [5.41, 5.74) is -4.28. The van der Waals surface area contributed by atoms with Crippen LogP contribution in [0.1, 0.15) is 74.1 Å². The Bertz CT molecular complexity index is 950. The molecule has 0 amide bonds. The molecule has 0 radical (unpaired) electrons. The van der Waals surface area contributed by atoms with Gasteiger partial charge in [0.2, 0.25) is 5.82 Å². The Hall–Kier alpha value is -2.25. The molecule has 35 heavy (non-hydrogen) atoms. The van der Waals surface area contributed by atoms with Crippen molar-refractivity contribution in [3.8, 4) is 0 Å². The van der Waals surface area contributed by atoms with Crippen molar-refractivity contribution < 1.29 is 31.5 Å². The Morgan fingerprint density at radius 2 is 1.29 bits per heavy atom. The standard InChI is InChI=1S/C27H38F5NO2/c1-10-24(4,5)14-25(6,15-27(8,16-34)26(7,11-2)12-3)17(35)13-33(9)23-21(31)19(29)18(28)20(30)22(23)32/h11,16H,2,10,12-15H2,1,3-9H3. The minimum atomic E-state index is -2.26. The van der Waals surface area contributed by atoms with Crippen LogP contribution in [0, 0.1) is 50.7 Å². The lowest BCUT2D eigenvalue weighted by molar-refractivity contribution is -0.135. The monoisotopic (exact) mass is 503 g/mol. The lowest BCUT2D eigenvalue weighted by atomic mass is 9.55. The summed E-state index contributed by atoms with van der Waals surface area (Å²) < 4.78 is 69.7. The van der Waals surface area contributed by atoms with E-state index < -0.39 is 63.3 Å². The predicted molar refractivity (Wildman–Crippen MR) is 129 cm³/mol. The van der Waals surface area contributed by atoms with Crippen molar-refractivity contribution in [2.45, 2.75) is 74.1 Å². The normalized spacial score (nSPS) is 17.2. The highest BCUT2D eigenvalue weighted by atomic mass is 19.2. The first-order valence-electron chi connectivity index (χ1n) is 11.7. The fraction of sp³-hybridized carbons (Fsp3) is 0.630. The van der Waals surface area contributed by atoms with Gasteiger partial charge in [0, 0.05) is 17.9 Å². The Morgan fingerprint density at radius 1 is 0.829 bits per heavy atom. The number of carbonyl (C=O) groups excluding carboxylic acids is 2. The average molecular weight is 504 g/mol. The number of halogens is 5. The molecule has 0 saturated carbocycles. The minimum Gasteiger partial charge on any atom is -0.362 e. The van der Waals surface area contributed by atoms with E-state index in [9.17, 15) is 31.5 Å². The van der Waals surface area contributed by atoms with Crippen LogP contribution in [0.2, 0.25) is 0 Å². The number of hydrogen-bond donors (Lipinski definition) is 0. The van der Waals surface area contributed by atoms with Crippen molar-refractivity contribution in [2.24, 2.45) is 21.7 Å². The number of aldehydes is 1. The predicted octanol–water partition coefficient (Wildman–Crippen LogP) is 7.42. The molecule has 1 aromatic rings. The highest BCUT2D eigenvalue weighted by molar-refractivity contribution is 5.89. The summed E-state index contributed by atoms with van der Waals surface area (Å²) in [5.74, 6) is -10.9. The zero-order chi connectivity index (χ0) is 27.6. The minimum absolute atomic E-state index is 0.118. The van der Waals surface area contributed by atoms with Crippen molar-refractivity contribution in [1.29, 1.82) is 0 Å². The van der Waals surface area contributed by atoms with Gasteiger partial charge in [0.1, 0.15) is 12.0 Å². The highest BCUT2D eigenvalue weighted by Gasteiger charge is 2.49. The van der Waals surface area contributed by atoms with Crippen LogP contribution in [0.25, 0.3) is 0 Å². The number of rotatable bonds is 13. The van der Waals surface area contributed by atoms with E-state index in [0.29, 0.717) is 19.3 Å². The summed E-state index contributed by atoms with van der Waals surface area (Å²) in [7, 11) is 1.10. The van der Waals surface area contributed by atoms with E-state index in [2.05, 4.69) is 6.58 Å². The van der Waals surface area contributed by atoms with Gasteiger partial charge in [-0.15, -0.1) is 6.58 Å². The fourth-order valence-corrected chi connectivity index (χ4v) is 4.82. The number of anilines is 1. The third-order valence-electron chi connectivity index (χ3n) is 7.96. The van der Waals surface area contributed by atoms with Crippen LogP contribution in [0.4, 0.5) is 27.6 Å². The van der Waals surface area contributed by atoms with Gasteiger partial charge in [0.25, 0.3) is 0 Å². The van der Waals surface area contributed by atoms with Crippen LogP contribution in [-0.4, -0.2) is 25.7 Å². The summed E-state index contributed by atoms with van der Waals surface area (Å²) in [6.07, 6.45) is 4.27. The topological polar surface area (TPSA) is 37.4 Å². The molecule has 198 valence electrons. The first kappa shape index (κ1) is 30.8. The zero-order valence-corrected chi connectivity index (χ0v) is 22.1. The maximum atomic E-state index is 14.4. The van der Waals surface area contributed by atoms with E-state index in [4.69, 9.17) is 0 Å². The lowest BCUT2D eigenvalue weighted by Crippen LogP contribution is -2.47. The van der Waals surface area contributed by atoms with Crippen LogP contribution >= 0.6 is 0 Å². The van der Waals surface area contributed by atoms with Gasteiger partial charge >= 0.3 is 0 Å². The van der Waals surface area contributed by atoms with E-state index in [0.717, 1.165) is 18.2 Å². The van der Waals surface area contributed by atoms with Crippen molar-refractivity contribution in [3.05, 3.63) is 41.7 Å². The molecule has 3 atom stereocenters.